The van der Waals surface area contributed by atoms with E-state index >= 15 is 0 Å². The molecule has 4 heterocycles. The first-order valence-electron chi connectivity index (χ1n) is 14.0. The van der Waals surface area contributed by atoms with Crippen LogP contribution in [0.25, 0.3) is 0 Å². The first-order chi connectivity index (χ1) is 19.4. The van der Waals surface area contributed by atoms with Crippen molar-refractivity contribution in [2.75, 3.05) is 0 Å². The summed E-state index contributed by atoms with van der Waals surface area (Å²) in [4.78, 5) is 0. The average Bonchev–Trinajstić information content (AvgIpc) is 2.91. The van der Waals surface area contributed by atoms with Gasteiger partial charge in [-0.3, -0.25) is 0 Å². The van der Waals surface area contributed by atoms with Crippen LogP contribution in [0, 0.1) is 19.8 Å². The number of benzene rings is 3. The largest absolute Gasteiger partial charge is 0.463 e. The molecule has 0 saturated carbocycles. The van der Waals surface area contributed by atoms with Crippen molar-refractivity contribution in [2.45, 2.75) is 34.1 Å². The van der Waals surface area contributed by atoms with Crippen molar-refractivity contribution in [2.24, 2.45) is 5.92 Å². The van der Waals surface area contributed by atoms with Gasteiger partial charge in [-0.15, -0.1) is 0 Å². The van der Waals surface area contributed by atoms with Gasteiger partial charge in [-0.2, -0.15) is 0 Å². The zero-order valence-corrected chi connectivity index (χ0v) is 23.1. The smallest absolute Gasteiger partial charge is 0.260 e. The van der Waals surface area contributed by atoms with Crippen molar-refractivity contribution < 1.29 is 18.9 Å². The zero-order chi connectivity index (χ0) is 27.3. The third-order valence-electron chi connectivity index (χ3n) is 8.65. The van der Waals surface area contributed by atoms with Gasteiger partial charge in [-0.05, 0) is 77.9 Å². The predicted molar refractivity (Wildman–Crippen MR) is 162 cm³/mol. The second kappa shape index (κ2) is 8.34. The third-order valence-corrected chi connectivity index (χ3v) is 8.65. The molecule has 194 valence electrons. The first-order valence-corrected chi connectivity index (χ1v) is 14.0. The molecule has 0 bridgehead atoms. The SMILES string of the molecule is C=C1OC2=C3B(/C1=C/C=C\C)c1cc4c(cc1OC3=CC(C)C2)Oc1cc(C)cc2c1B4c1cccc(C)c1O2. The summed E-state index contributed by atoms with van der Waals surface area (Å²) in [6.45, 7) is 12.7. The van der Waals surface area contributed by atoms with Crippen LogP contribution in [0.3, 0.4) is 0 Å². The molecule has 0 radical (unpaired) electrons. The van der Waals surface area contributed by atoms with E-state index in [-0.39, 0.29) is 13.4 Å². The molecule has 1 atom stereocenters. The maximum atomic E-state index is 6.65. The number of ether oxygens (including phenoxy) is 4. The Kier molecular flexibility index (Phi) is 4.92. The van der Waals surface area contributed by atoms with Gasteiger partial charge >= 0.3 is 0 Å². The molecule has 3 aromatic carbocycles. The van der Waals surface area contributed by atoms with Crippen LogP contribution in [-0.4, -0.2) is 13.4 Å². The number of hydrogen-bond acceptors (Lipinski definition) is 4. The minimum atomic E-state index is -0.0315. The van der Waals surface area contributed by atoms with Gasteiger partial charge < -0.3 is 18.9 Å². The normalized spacial score (nSPS) is 20.4. The summed E-state index contributed by atoms with van der Waals surface area (Å²) in [7, 11) is 0. The lowest BCUT2D eigenvalue weighted by Gasteiger charge is -2.40. The third kappa shape index (κ3) is 3.22. The summed E-state index contributed by atoms with van der Waals surface area (Å²) in [6, 6.07) is 15.0. The lowest BCUT2D eigenvalue weighted by Crippen LogP contribution is -2.59. The van der Waals surface area contributed by atoms with Crippen molar-refractivity contribution in [3.8, 4) is 28.7 Å². The Balaban J connectivity index is 1.40. The van der Waals surface area contributed by atoms with E-state index in [0.717, 1.165) is 90.6 Å². The van der Waals surface area contributed by atoms with E-state index in [1.165, 1.54) is 0 Å². The fourth-order valence-corrected chi connectivity index (χ4v) is 6.95. The highest BCUT2D eigenvalue weighted by Gasteiger charge is 2.47. The molecule has 4 nitrogen and oxygen atoms in total. The minimum absolute atomic E-state index is 0.00826. The van der Waals surface area contributed by atoms with Gasteiger partial charge in [0.2, 0.25) is 0 Å². The highest BCUT2D eigenvalue weighted by Crippen LogP contribution is 2.45. The van der Waals surface area contributed by atoms with Gasteiger partial charge in [0.15, 0.2) is 0 Å². The monoisotopic (exact) mass is 522 g/mol. The maximum Gasteiger partial charge on any atom is 0.260 e. The Morgan fingerprint density at radius 2 is 1.65 bits per heavy atom. The molecule has 4 aliphatic heterocycles. The Labute approximate surface area is 235 Å². The summed E-state index contributed by atoms with van der Waals surface area (Å²) in [5, 5.41) is 0. The number of para-hydroxylation sites is 1. The zero-order valence-electron chi connectivity index (χ0n) is 23.1. The fraction of sp³-hybridized carbons (Fsp3) is 0.176. The van der Waals surface area contributed by atoms with Crippen LogP contribution < -0.4 is 36.1 Å². The summed E-state index contributed by atoms with van der Waals surface area (Å²) in [5.41, 5.74) is 8.87. The van der Waals surface area contributed by atoms with Crippen LogP contribution in [-0.2, 0) is 4.74 Å². The Bertz CT molecular complexity index is 1810. The molecule has 5 aliphatic rings. The van der Waals surface area contributed by atoms with Gasteiger partial charge in [0.1, 0.15) is 46.0 Å². The van der Waals surface area contributed by atoms with Crippen molar-refractivity contribution in [1.29, 1.82) is 0 Å². The Hall–Kier alpha value is -4.31. The minimum Gasteiger partial charge on any atom is -0.463 e. The predicted octanol–water partition coefficient (Wildman–Crippen LogP) is 5.43. The standard InChI is InChI=1S/C34H28B2O4/c1-6-7-10-22-21(5)37-28-12-18(2)13-29-32(28)35(22)24-16-25-27(17-26(24)38-29)39-30-14-19(3)15-31-33(30)36(25)23-11-8-9-20(4)34(23)40-31/h6-11,13-18H,5,12H2,1-4H3/b7-6-,22-10+. The molecule has 0 spiro atoms. The number of rotatable bonds is 1. The molecular weight excluding hydrogens is 494 g/mol. The quantitative estimate of drug-likeness (QED) is 0.276. The van der Waals surface area contributed by atoms with E-state index in [1.807, 2.05) is 13.0 Å². The van der Waals surface area contributed by atoms with E-state index in [9.17, 15) is 0 Å². The summed E-state index contributed by atoms with van der Waals surface area (Å²) < 4.78 is 26.1. The van der Waals surface area contributed by atoms with Gasteiger partial charge in [0, 0.05) is 23.4 Å². The lowest BCUT2D eigenvalue weighted by atomic mass is 9.30. The molecule has 8 rings (SSSR count). The summed E-state index contributed by atoms with van der Waals surface area (Å²) in [6.07, 6.45) is 9.28. The highest BCUT2D eigenvalue weighted by molar-refractivity contribution is 6.99. The van der Waals surface area contributed by atoms with E-state index in [4.69, 9.17) is 18.9 Å². The Morgan fingerprint density at radius 3 is 2.48 bits per heavy atom. The number of allylic oxidation sites excluding steroid dienone is 7. The molecule has 0 amide bonds. The first kappa shape index (κ1) is 23.6. The molecule has 3 aromatic rings. The number of hydrogen-bond donors (Lipinski definition) is 0. The molecule has 40 heavy (non-hydrogen) atoms. The van der Waals surface area contributed by atoms with Crippen molar-refractivity contribution >= 4 is 35.3 Å². The van der Waals surface area contributed by atoms with E-state index in [0.29, 0.717) is 11.7 Å². The molecule has 0 fully saturated rings. The molecule has 1 unspecified atom stereocenters. The summed E-state index contributed by atoms with van der Waals surface area (Å²) in [5.74, 6) is 7.15. The lowest BCUT2D eigenvalue weighted by molar-refractivity contribution is 0.276. The molecule has 6 heteroatoms. The van der Waals surface area contributed by atoms with E-state index in [2.05, 4.69) is 88.0 Å². The van der Waals surface area contributed by atoms with Crippen molar-refractivity contribution in [3.63, 3.8) is 0 Å². The van der Waals surface area contributed by atoms with E-state index < -0.39 is 0 Å². The van der Waals surface area contributed by atoms with Gasteiger partial charge in [0.05, 0.1) is 0 Å². The molecule has 0 N–H and O–H groups in total. The Morgan fingerprint density at radius 1 is 0.875 bits per heavy atom. The number of fused-ring (bicyclic) bond motifs is 6. The topological polar surface area (TPSA) is 36.9 Å². The molecule has 0 aromatic heterocycles. The van der Waals surface area contributed by atoms with Crippen LogP contribution in [0.5, 0.6) is 28.7 Å². The highest BCUT2D eigenvalue weighted by atomic mass is 16.5. The average molecular weight is 522 g/mol. The van der Waals surface area contributed by atoms with Crippen LogP contribution in [0.15, 0.2) is 102 Å². The van der Waals surface area contributed by atoms with Gasteiger partial charge in [-0.25, -0.2) is 0 Å². The van der Waals surface area contributed by atoms with Gasteiger partial charge in [0.25, 0.3) is 13.4 Å². The van der Waals surface area contributed by atoms with Crippen molar-refractivity contribution in [1.82, 2.24) is 0 Å². The second-order valence-corrected chi connectivity index (χ2v) is 11.5. The van der Waals surface area contributed by atoms with Crippen LogP contribution in [0.1, 0.15) is 31.4 Å². The summed E-state index contributed by atoms with van der Waals surface area (Å²) >= 11 is 0. The maximum absolute atomic E-state index is 6.65. The van der Waals surface area contributed by atoms with Crippen LogP contribution in [0.2, 0.25) is 0 Å². The second-order valence-electron chi connectivity index (χ2n) is 11.5. The van der Waals surface area contributed by atoms with Crippen LogP contribution in [0.4, 0.5) is 0 Å². The molecular formula is C34H28B2O4. The molecule has 1 aliphatic carbocycles. The molecule has 0 saturated heterocycles. The van der Waals surface area contributed by atoms with Crippen LogP contribution >= 0.6 is 0 Å². The van der Waals surface area contributed by atoms with E-state index in [1.54, 1.807) is 0 Å². The van der Waals surface area contributed by atoms with Crippen molar-refractivity contribution in [3.05, 3.63) is 113 Å². The van der Waals surface area contributed by atoms with Gasteiger partial charge in [-0.1, -0.05) is 56.0 Å². The number of aryl methyl sites for hydroxylation is 2. The fourth-order valence-electron chi connectivity index (χ4n) is 6.95.